The van der Waals surface area contributed by atoms with E-state index in [2.05, 4.69) is 42.6 Å². The van der Waals surface area contributed by atoms with Gasteiger partial charge in [0.2, 0.25) is 0 Å². The topological polar surface area (TPSA) is 58.3 Å². The molecule has 0 aliphatic carbocycles. The van der Waals surface area contributed by atoms with E-state index in [-0.39, 0.29) is 0 Å². The first kappa shape index (κ1) is 16.0. The van der Waals surface area contributed by atoms with Crippen LogP contribution in [0.25, 0.3) is 0 Å². The van der Waals surface area contributed by atoms with Gasteiger partial charge in [-0.3, -0.25) is 0 Å². The molecule has 2 N–H and O–H groups in total. The number of hydrogen-bond donors (Lipinski definition) is 1. The Morgan fingerprint density at radius 2 is 2.00 bits per heavy atom. The molecule has 0 amide bonds. The van der Waals surface area contributed by atoms with E-state index < -0.39 is 0 Å². The number of nitrogen functional groups attached to an aromatic ring is 1. The van der Waals surface area contributed by atoms with Gasteiger partial charge in [-0.15, -0.1) is 0 Å². The van der Waals surface area contributed by atoms with Gasteiger partial charge in [-0.25, -0.2) is 9.97 Å². The fourth-order valence-electron chi connectivity index (χ4n) is 2.95. The third kappa shape index (κ3) is 3.46. The fourth-order valence-corrected chi connectivity index (χ4v) is 2.95. The van der Waals surface area contributed by atoms with E-state index >= 15 is 0 Å². The van der Waals surface area contributed by atoms with Crippen LogP contribution in [0.15, 0.2) is 0 Å². The van der Waals surface area contributed by atoms with Gasteiger partial charge in [0, 0.05) is 30.6 Å². The minimum absolute atomic E-state index is 0.293. The van der Waals surface area contributed by atoms with Crippen LogP contribution in [0.4, 0.5) is 11.6 Å². The third-order valence-electron chi connectivity index (χ3n) is 4.34. The lowest BCUT2D eigenvalue weighted by Crippen LogP contribution is -2.41. The molecule has 1 unspecified atom stereocenters. The van der Waals surface area contributed by atoms with Crippen LogP contribution in [0, 0.1) is 6.92 Å². The molecular formula is C16H29N5. The van der Waals surface area contributed by atoms with Crippen LogP contribution in [-0.4, -0.2) is 47.6 Å². The Bertz CT molecular complexity index is 486. The molecule has 1 fully saturated rings. The van der Waals surface area contributed by atoms with Gasteiger partial charge in [-0.2, -0.15) is 0 Å². The highest BCUT2D eigenvalue weighted by molar-refractivity contribution is 5.57. The SMILES string of the molecule is CCC1CN(C)CCCN1c1nc(C(C)C)nc(N)c1C. The molecule has 0 saturated carbocycles. The number of nitrogens with zero attached hydrogens (tertiary/aromatic N) is 4. The third-order valence-corrected chi connectivity index (χ3v) is 4.34. The summed E-state index contributed by atoms with van der Waals surface area (Å²) in [6.07, 6.45) is 2.28. The number of hydrogen-bond acceptors (Lipinski definition) is 5. The highest BCUT2D eigenvalue weighted by atomic mass is 15.3. The molecule has 2 heterocycles. The van der Waals surface area contributed by atoms with Crippen LogP contribution in [-0.2, 0) is 0 Å². The average molecular weight is 291 g/mol. The largest absolute Gasteiger partial charge is 0.383 e. The molecule has 5 heteroatoms. The maximum absolute atomic E-state index is 6.13. The van der Waals surface area contributed by atoms with E-state index in [4.69, 9.17) is 10.7 Å². The molecule has 1 aliphatic heterocycles. The monoisotopic (exact) mass is 291 g/mol. The first-order chi connectivity index (χ1) is 9.93. The van der Waals surface area contributed by atoms with Gasteiger partial charge in [0.05, 0.1) is 0 Å². The summed E-state index contributed by atoms with van der Waals surface area (Å²) in [6.45, 7) is 11.8. The van der Waals surface area contributed by atoms with E-state index in [1.807, 2.05) is 6.92 Å². The Labute approximate surface area is 128 Å². The summed E-state index contributed by atoms with van der Waals surface area (Å²) < 4.78 is 0. The van der Waals surface area contributed by atoms with Crippen molar-refractivity contribution in [2.75, 3.05) is 37.3 Å². The maximum atomic E-state index is 6.13. The van der Waals surface area contributed by atoms with E-state index in [1.54, 1.807) is 0 Å². The van der Waals surface area contributed by atoms with Gasteiger partial charge in [-0.05, 0) is 33.4 Å². The molecule has 1 atom stereocenters. The molecule has 118 valence electrons. The van der Waals surface area contributed by atoms with E-state index in [1.165, 1.54) is 0 Å². The standard InChI is InChI=1S/C16H29N5/c1-6-13-10-20(5)8-7-9-21(13)16-12(4)14(17)18-15(19-16)11(2)3/h11,13H,6-10H2,1-5H3,(H2,17,18,19). The van der Waals surface area contributed by atoms with Gasteiger partial charge in [-0.1, -0.05) is 20.8 Å². The van der Waals surface area contributed by atoms with Crippen LogP contribution in [0.5, 0.6) is 0 Å². The normalized spacial score (nSPS) is 20.9. The second kappa shape index (κ2) is 6.60. The van der Waals surface area contributed by atoms with Crippen LogP contribution in [0.1, 0.15) is 50.9 Å². The second-order valence-electron chi connectivity index (χ2n) is 6.44. The Balaban J connectivity index is 2.42. The predicted octanol–water partition coefficient (Wildman–Crippen LogP) is 2.41. The molecule has 1 saturated heterocycles. The van der Waals surface area contributed by atoms with Crippen LogP contribution < -0.4 is 10.6 Å². The Morgan fingerprint density at radius 3 is 2.62 bits per heavy atom. The summed E-state index contributed by atoms with van der Waals surface area (Å²) in [4.78, 5) is 14.1. The summed E-state index contributed by atoms with van der Waals surface area (Å²) in [6, 6.07) is 0.491. The van der Waals surface area contributed by atoms with Crippen LogP contribution in [0.3, 0.4) is 0 Å². The smallest absolute Gasteiger partial charge is 0.137 e. The molecule has 1 aromatic heterocycles. The van der Waals surface area contributed by atoms with Gasteiger partial charge < -0.3 is 15.5 Å². The van der Waals surface area contributed by atoms with Gasteiger partial charge in [0.15, 0.2) is 0 Å². The van der Waals surface area contributed by atoms with Crippen LogP contribution in [0.2, 0.25) is 0 Å². The van der Waals surface area contributed by atoms with Crippen molar-refractivity contribution in [3.05, 3.63) is 11.4 Å². The molecule has 1 aliphatic rings. The van der Waals surface area contributed by atoms with Crippen molar-refractivity contribution < 1.29 is 0 Å². The van der Waals surface area contributed by atoms with Gasteiger partial charge in [0.1, 0.15) is 17.5 Å². The lowest BCUT2D eigenvalue weighted by atomic mass is 10.1. The van der Waals surface area contributed by atoms with Gasteiger partial charge in [0.25, 0.3) is 0 Å². The molecule has 1 aromatic rings. The summed E-state index contributed by atoms with van der Waals surface area (Å²) >= 11 is 0. The molecule has 0 spiro atoms. The summed E-state index contributed by atoms with van der Waals surface area (Å²) in [5, 5.41) is 0. The number of aromatic nitrogens is 2. The zero-order chi connectivity index (χ0) is 15.6. The Kier molecular flexibility index (Phi) is 5.04. The minimum atomic E-state index is 0.293. The van der Waals surface area contributed by atoms with E-state index in [0.29, 0.717) is 17.8 Å². The van der Waals surface area contributed by atoms with E-state index in [0.717, 1.165) is 49.7 Å². The molecule has 0 bridgehead atoms. The van der Waals surface area contributed by atoms with Crippen molar-refractivity contribution in [3.63, 3.8) is 0 Å². The minimum Gasteiger partial charge on any atom is -0.383 e. The lowest BCUT2D eigenvalue weighted by molar-refractivity contribution is 0.327. The molecular weight excluding hydrogens is 262 g/mol. The molecule has 0 aromatic carbocycles. The first-order valence-corrected chi connectivity index (χ1v) is 8.03. The molecule has 21 heavy (non-hydrogen) atoms. The highest BCUT2D eigenvalue weighted by Gasteiger charge is 2.26. The lowest BCUT2D eigenvalue weighted by Gasteiger charge is -2.32. The number of anilines is 2. The highest BCUT2D eigenvalue weighted by Crippen LogP contribution is 2.28. The van der Waals surface area contributed by atoms with Gasteiger partial charge >= 0.3 is 0 Å². The quantitative estimate of drug-likeness (QED) is 0.927. The van der Waals surface area contributed by atoms with Crippen LogP contribution >= 0.6 is 0 Å². The first-order valence-electron chi connectivity index (χ1n) is 8.03. The number of rotatable bonds is 3. The maximum Gasteiger partial charge on any atom is 0.137 e. The van der Waals surface area contributed by atoms with Crippen molar-refractivity contribution in [3.8, 4) is 0 Å². The fraction of sp³-hybridized carbons (Fsp3) is 0.750. The zero-order valence-corrected chi connectivity index (χ0v) is 14.1. The zero-order valence-electron chi connectivity index (χ0n) is 14.1. The Morgan fingerprint density at radius 1 is 1.29 bits per heavy atom. The van der Waals surface area contributed by atoms with Crippen molar-refractivity contribution in [2.45, 2.75) is 52.5 Å². The number of likely N-dealkylation sites (N-methyl/N-ethyl adjacent to an activating group) is 1. The van der Waals surface area contributed by atoms with Crippen molar-refractivity contribution >= 4 is 11.6 Å². The van der Waals surface area contributed by atoms with Crippen molar-refractivity contribution in [2.24, 2.45) is 0 Å². The van der Waals surface area contributed by atoms with Crippen molar-refractivity contribution in [1.82, 2.24) is 14.9 Å². The molecule has 5 nitrogen and oxygen atoms in total. The molecule has 2 rings (SSSR count). The number of nitrogens with two attached hydrogens (primary N) is 1. The summed E-state index contributed by atoms with van der Waals surface area (Å²) in [5.41, 5.74) is 7.15. The van der Waals surface area contributed by atoms with E-state index in [9.17, 15) is 0 Å². The predicted molar refractivity (Wildman–Crippen MR) is 88.8 cm³/mol. The summed E-state index contributed by atoms with van der Waals surface area (Å²) in [7, 11) is 2.20. The Hall–Kier alpha value is -1.36. The second-order valence-corrected chi connectivity index (χ2v) is 6.44. The average Bonchev–Trinajstić information content (AvgIpc) is 2.62. The van der Waals surface area contributed by atoms with Crippen molar-refractivity contribution in [1.29, 1.82) is 0 Å². The summed E-state index contributed by atoms with van der Waals surface area (Å²) in [5.74, 6) is 2.80. The molecule has 0 radical (unpaired) electrons.